The average molecular weight is 195 g/mol. The molecule has 0 saturated heterocycles. The number of hydrogen-bond acceptors (Lipinski definition) is 1. The summed E-state index contributed by atoms with van der Waals surface area (Å²) in [6.45, 7) is 3.84. The minimum Gasteiger partial charge on any atom is -0.328 e. The molecule has 0 bridgehead atoms. The Bertz CT molecular complexity index is 296. The van der Waals surface area contributed by atoms with Crippen molar-refractivity contribution >= 4 is 0 Å². The largest absolute Gasteiger partial charge is 0.328 e. The van der Waals surface area contributed by atoms with Crippen LogP contribution in [0.25, 0.3) is 0 Å². The molecule has 1 aromatic rings. The van der Waals surface area contributed by atoms with Crippen LogP contribution >= 0.6 is 0 Å². The van der Waals surface area contributed by atoms with E-state index in [2.05, 4.69) is 6.92 Å². The summed E-state index contributed by atoms with van der Waals surface area (Å²) >= 11 is 0. The maximum atomic E-state index is 13.2. The molecule has 0 fully saturated rings. The maximum Gasteiger partial charge on any atom is 0.126 e. The van der Waals surface area contributed by atoms with E-state index in [0.29, 0.717) is 5.56 Å². The third-order valence-electron chi connectivity index (χ3n) is 2.56. The molecule has 0 spiro atoms. The van der Waals surface area contributed by atoms with Crippen LogP contribution in [0.2, 0.25) is 0 Å². The molecule has 1 unspecified atom stereocenters. The second-order valence-corrected chi connectivity index (χ2v) is 3.79. The molecule has 0 aliphatic rings. The number of aryl methyl sites for hydroxylation is 2. The minimum atomic E-state index is -0.118. The Hall–Kier alpha value is -0.890. The third kappa shape index (κ3) is 3.11. The fraction of sp³-hybridized carbons (Fsp3) is 0.500. The van der Waals surface area contributed by atoms with E-state index in [9.17, 15) is 4.39 Å². The van der Waals surface area contributed by atoms with Gasteiger partial charge < -0.3 is 5.73 Å². The topological polar surface area (TPSA) is 26.0 Å². The van der Waals surface area contributed by atoms with E-state index in [4.69, 9.17) is 5.73 Å². The average Bonchev–Trinajstić information content (AvgIpc) is 2.19. The number of hydrogen-bond donors (Lipinski definition) is 1. The summed E-state index contributed by atoms with van der Waals surface area (Å²) in [5, 5.41) is 0. The fourth-order valence-corrected chi connectivity index (χ4v) is 1.35. The molecule has 2 heteroatoms. The van der Waals surface area contributed by atoms with E-state index in [1.54, 1.807) is 13.0 Å². The Morgan fingerprint density at radius 3 is 2.71 bits per heavy atom. The molecule has 78 valence electrons. The molecule has 0 heterocycles. The van der Waals surface area contributed by atoms with Gasteiger partial charge in [-0.25, -0.2) is 4.39 Å². The molecule has 2 N–H and O–H groups in total. The van der Waals surface area contributed by atoms with E-state index < -0.39 is 0 Å². The van der Waals surface area contributed by atoms with Crippen molar-refractivity contribution in [2.24, 2.45) is 5.73 Å². The first kappa shape index (κ1) is 11.2. The van der Waals surface area contributed by atoms with Crippen molar-refractivity contribution in [1.82, 2.24) is 0 Å². The third-order valence-corrected chi connectivity index (χ3v) is 2.56. The lowest BCUT2D eigenvalue weighted by Gasteiger charge is -2.08. The standard InChI is InChI=1S/C12H18FN/c1-3-11(14)7-6-10-5-4-9(2)12(13)8-10/h4-5,8,11H,3,6-7,14H2,1-2H3. The first-order chi connectivity index (χ1) is 6.63. The Balaban J connectivity index is 2.55. The van der Waals surface area contributed by atoms with Gasteiger partial charge in [0.05, 0.1) is 0 Å². The van der Waals surface area contributed by atoms with Gasteiger partial charge >= 0.3 is 0 Å². The molecule has 14 heavy (non-hydrogen) atoms. The molecule has 0 saturated carbocycles. The van der Waals surface area contributed by atoms with E-state index in [-0.39, 0.29) is 11.9 Å². The summed E-state index contributed by atoms with van der Waals surface area (Å²) in [6.07, 6.45) is 2.78. The lowest BCUT2D eigenvalue weighted by atomic mass is 10.0. The van der Waals surface area contributed by atoms with E-state index in [0.717, 1.165) is 24.8 Å². The molecule has 1 nitrogen and oxygen atoms in total. The van der Waals surface area contributed by atoms with Gasteiger partial charge in [-0.05, 0) is 43.4 Å². The molecule has 0 aliphatic carbocycles. The van der Waals surface area contributed by atoms with Crippen LogP contribution in [0.15, 0.2) is 18.2 Å². The predicted octanol–water partition coefficient (Wildman–Crippen LogP) is 2.80. The van der Waals surface area contributed by atoms with Gasteiger partial charge in [0.1, 0.15) is 5.82 Å². The quantitative estimate of drug-likeness (QED) is 0.785. The summed E-state index contributed by atoms with van der Waals surface area (Å²) in [6, 6.07) is 5.64. The molecule has 1 atom stereocenters. The fourth-order valence-electron chi connectivity index (χ4n) is 1.35. The lowest BCUT2D eigenvalue weighted by molar-refractivity contribution is 0.588. The van der Waals surface area contributed by atoms with Gasteiger partial charge in [-0.3, -0.25) is 0 Å². The van der Waals surface area contributed by atoms with Crippen molar-refractivity contribution in [2.45, 2.75) is 39.2 Å². The van der Waals surface area contributed by atoms with Gasteiger partial charge in [0, 0.05) is 6.04 Å². The summed E-state index contributed by atoms with van der Waals surface area (Å²) in [7, 11) is 0. The Kier molecular flexibility index (Phi) is 4.08. The predicted molar refractivity (Wildman–Crippen MR) is 57.7 cm³/mol. The van der Waals surface area contributed by atoms with Crippen LogP contribution in [0.1, 0.15) is 30.9 Å². The van der Waals surface area contributed by atoms with Crippen molar-refractivity contribution in [2.75, 3.05) is 0 Å². The summed E-state index contributed by atoms with van der Waals surface area (Å²) in [5.41, 5.74) is 7.54. The molecule has 1 aromatic carbocycles. The molecular weight excluding hydrogens is 177 g/mol. The van der Waals surface area contributed by atoms with Crippen molar-refractivity contribution in [3.63, 3.8) is 0 Å². The molecule has 1 rings (SSSR count). The van der Waals surface area contributed by atoms with Crippen molar-refractivity contribution in [1.29, 1.82) is 0 Å². The van der Waals surface area contributed by atoms with Crippen molar-refractivity contribution in [3.8, 4) is 0 Å². The van der Waals surface area contributed by atoms with Crippen LogP contribution in [0.3, 0.4) is 0 Å². The van der Waals surface area contributed by atoms with Crippen LogP contribution in [0, 0.1) is 12.7 Å². The van der Waals surface area contributed by atoms with Gasteiger partial charge in [0.2, 0.25) is 0 Å². The maximum absolute atomic E-state index is 13.2. The first-order valence-corrected chi connectivity index (χ1v) is 5.14. The zero-order valence-corrected chi connectivity index (χ0v) is 8.89. The van der Waals surface area contributed by atoms with Gasteiger partial charge in [0.25, 0.3) is 0 Å². The number of benzene rings is 1. The Labute approximate surface area is 85.1 Å². The van der Waals surface area contributed by atoms with Gasteiger partial charge in [-0.15, -0.1) is 0 Å². The van der Waals surface area contributed by atoms with Gasteiger partial charge in [0.15, 0.2) is 0 Å². The molecule has 0 amide bonds. The van der Waals surface area contributed by atoms with Crippen LogP contribution in [-0.4, -0.2) is 6.04 Å². The van der Waals surface area contributed by atoms with E-state index in [1.807, 2.05) is 12.1 Å². The first-order valence-electron chi connectivity index (χ1n) is 5.14. The highest BCUT2D eigenvalue weighted by Crippen LogP contribution is 2.11. The second-order valence-electron chi connectivity index (χ2n) is 3.79. The molecule has 0 radical (unpaired) electrons. The zero-order valence-electron chi connectivity index (χ0n) is 8.89. The molecule has 0 aliphatic heterocycles. The Morgan fingerprint density at radius 2 is 2.14 bits per heavy atom. The van der Waals surface area contributed by atoms with Gasteiger partial charge in [-0.2, -0.15) is 0 Å². The normalized spacial score (nSPS) is 12.9. The molecular formula is C12H18FN. The lowest BCUT2D eigenvalue weighted by Crippen LogP contribution is -2.19. The highest BCUT2D eigenvalue weighted by Gasteiger charge is 2.02. The van der Waals surface area contributed by atoms with E-state index >= 15 is 0 Å². The Morgan fingerprint density at radius 1 is 1.43 bits per heavy atom. The minimum absolute atomic E-state index is 0.118. The monoisotopic (exact) mass is 195 g/mol. The highest BCUT2D eigenvalue weighted by atomic mass is 19.1. The van der Waals surface area contributed by atoms with Gasteiger partial charge in [-0.1, -0.05) is 19.1 Å². The van der Waals surface area contributed by atoms with Crippen LogP contribution in [0.5, 0.6) is 0 Å². The van der Waals surface area contributed by atoms with Crippen LogP contribution < -0.4 is 5.73 Å². The van der Waals surface area contributed by atoms with Crippen molar-refractivity contribution < 1.29 is 4.39 Å². The van der Waals surface area contributed by atoms with E-state index in [1.165, 1.54) is 0 Å². The second kappa shape index (κ2) is 5.11. The van der Waals surface area contributed by atoms with Crippen molar-refractivity contribution in [3.05, 3.63) is 35.1 Å². The zero-order chi connectivity index (χ0) is 10.6. The highest BCUT2D eigenvalue weighted by molar-refractivity contribution is 5.23. The number of halogens is 1. The SMILES string of the molecule is CCC(N)CCc1ccc(C)c(F)c1. The number of rotatable bonds is 4. The number of nitrogens with two attached hydrogens (primary N) is 1. The van der Waals surface area contributed by atoms with Crippen LogP contribution in [-0.2, 0) is 6.42 Å². The molecule has 0 aromatic heterocycles. The van der Waals surface area contributed by atoms with Crippen LogP contribution in [0.4, 0.5) is 4.39 Å². The summed E-state index contributed by atoms with van der Waals surface area (Å²) in [5.74, 6) is -0.118. The summed E-state index contributed by atoms with van der Waals surface area (Å²) in [4.78, 5) is 0. The summed E-state index contributed by atoms with van der Waals surface area (Å²) < 4.78 is 13.2. The smallest absolute Gasteiger partial charge is 0.126 e.